The largest absolute Gasteiger partial charge is 0.489 e. The van der Waals surface area contributed by atoms with Crippen LogP contribution in [0.1, 0.15) is 39.9 Å². The van der Waals surface area contributed by atoms with Crippen molar-refractivity contribution >= 4 is 29.4 Å². The first-order chi connectivity index (χ1) is 18.4. The normalized spacial score (nSPS) is 16.6. The molecule has 0 saturated carbocycles. The molecular weight excluding hydrogens is 491 g/mol. The summed E-state index contributed by atoms with van der Waals surface area (Å²) < 4.78 is 21.0. The van der Waals surface area contributed by atoms with Gasteiger partial charge in [-0.15, -0.1) is 0 Å². The molecule has 1 unspecified atom stereocenters. The molecule has 0 aromatic heterocycles. The molecule has 0 aliphatic carbocycles. The van der Waals surface area contributed by atoms with Gasteiger partial charge in [0.05, 0.1) is 6.54 Å². The third-order valence-corrected chi connectivity index (χ3v) is 6.53. The van der Waals surface area contributed by atoms with Gasteiger partial charge in [0.1, 0.15) is 24.2 Å². The van der Waals surface area contributed by atoms with Gasteiger partial charge < -0.3 is 20.3 Å². The highest BCUT2D eigenvalue weighted by Gasteiger charge is 2.40. The van der Waals surface area contributed by atoms with Crippen molar-refractivity contribution in [3.05, 3.63) is 94.8 Å². The number of urea groups is 1. The number of carbonyl (C=O) groups excluding carboxylic acids is 4. The number of nitrogens with one attached hydrogen (secondary N) is 3. The predicted molar refractivity (Wildman–Crippen MR) is 136 cm³/mol. The maximum Gasteiger partial charge on any atom is 0.319 e. The summed E-state index contributed by atoms with van der Waals surface area (Å²) >= 11 is 0. The molecule has 0 spiro atoms. The molecule has 9 nitrogen and oxygen atoms in total. The van der Waals surface area contributed by atoms with Gasteiger partial charge >= 0.3 is 6.03 Å². The maximum atomic E-state index is 15.2. The molecule has 10 heteroatoms. The van der Waals surface area contributed by atoms with Crippen molar-refractivity contribution < 1.29 is 28.3 Å². The zero-order chi connectivity index (χ0) is 26.6. The number of ether oxygens (including phenoxy) is 1. The van der Waals surface area contributed by atoms with Crippen molar-refractivity contribution in [1.82, 2.24) is 15.5 Å². The number of piperidine rings is 1. The Balaban J connectivity index is 1.15. The van der Waals surface area contributed by atoms with Gasteiger partial charge in [-0.2, -0.15) is 0 Å². The van der Waals surface area contributed by atoms with Gasteiger partial charge in [0.25, 0.3) is 5.91 Å². The molecule has 1 fully saturated rings. The van der Waals surface area contributed by atoms with Gasteiger partial charge in [0.2, 0.25) is 11.8 Å². The van der Waals surface area contributed by atoms with Crippen LogP contribution in [0.15, 0.2) is 66.7 Å². The minimum absolute atomic E-state index is 0.0784. The SMILES string of the molecule is O=C1CCC(N2Cc3c(ccc(CNC(=O)Nc4ccc(OCc5ccccc5)cc4)c3F)C2=O)C(=O)N1. The molecule has 2 aliphatic rings. The van der Waals surface area contributed by atoms with E-state index in [1.165, 1.54) is 17.0 Å². The van der Waals surface area contributed by atoms with E-state index in [2.05, 4.69) is 16.0 Å². The van der Waals surface area contributed by atoms with Crippen LogP contribution in [0.4, 0.5) is 14.9 Å². The lowest BCUT2D eigenvalue weighted by Gasteiger charge is -2.29. The summed E-state index contributed by atoms with van der Waals surface area (Å²) in [6, 6.07) is 18.2. The van der Waals surface area contributed by atoms with Gasteiger partial charge in [-0.05, 0) is 42.3 Å². The van der Waals surface area contributed by atoms with Crippen LogP contribution in [0.2, 0.25) is 0 Å². The second-order valence-corrected chi connectivity index (χ2v) is 9.07. The fraction of sp³-hybridized carbons (Fsp3) is 0.214. The Morgan fingerprint density at radius 1 is 1.03 bits per heavy atom. The summed E-state index contributed by atoms with van der Waals surface area (Å²) in [6.45, 7) is 0.248. The van der Waals surface area contributed by atoms with Crippen LogP contribution in [0.3, 0.4) is 0 Å². The van der Waals surface area contributed by atoms with E-state index >= 15 is 4.39 Å². The molecule has 2 heterocycles. The third kappa shape index (κ3) is 5.34. The van der Waals surface area contributed by atoms with Gasteiger partial charge in [0.15, 0.2) is 0 Å². The smallest absolute Gasteiger partial charge is 0.319 e. The number of imide groups is 1. The average Bonchev–Trinajstić information content (AvgIpc) is 3.25. The van der Waals surface area contributed by atoms with E-state index < -0.39 is 29.7 Å². The number of halogens is 1. The number of nitrogens with zero attached hydrogens (tertiary/aromatic N) is 1. The van der Waals surface area contributed by atoms with Crippen molar-refractivity contribution in [1.29, 1.82) is 0 Å². The lowest BCUT2D eigenvalue weighted by atomic mass is 10.0. The summed E-state index contributed by atoms with van der Waals surface area (Å²) in [5.74, 6) is -1.36. The van der Waals surface area contributed by atoms with E-state index in [9.17, 15) is 19.2 Å². The molecule has 1 saturated heterocycles. The number of fused-ring (bicyclic) bond motifs is 1. The molecule has 3 aromatic carbocycles. The van der Waals surface area contributed by atoms with Crippen molar-refractivity contribution in [3.63, 3.8) is 0 Å². The first-order valence-corrected chi connectivity index (χ1v) is 12.2. The summed E-state index contributed by atoms with van der Waals surface area (Å²) in [6.07, 6.45) is 0.313. The topological polar surface area (TPSA) is 117 Å². The van der Waals surface area contributed by atoms with E-state index in [1.807, 2.05) is 30.3 Å². The molecule has 5 rings (SSSR count). The summed E-state index contributed by atoms with van der Waals surface area (Å²) in [4.78, 5) is 50.1. The Morgan fingerprint density at radius 2 is 1.79 bits per heavy atom. The molecule has 0 radical (unpaired) electrons. The van der Waals surface area contributed by atoms with E-state index in [4.69, 9.17) is 4.74 Å². The second-order valence-electron chi connectivity index (χ2n) is 9.07. The summed E-state index contributed by atoms with van der Waals surface area (Å²) in [7, 11) is 0. The third-order valence-electron chi connectivity index (χ3n) is 6.53. The Labute approximate surface area is 218 Å². The molecule has 2 aliphatic heterocycles. The highest BCUT2D eigenvalue weighted by Crippen LogP contribution is 2.30. The zero-order valence-electron chi connectivity index (χ0n) is 20.3. The van der Waals surface area contributed by atoms with E-state index in [0.717, 1.165) is 5.56 Å². The molecule has 3 aromatic rings. The number of hydrogen-bond donors (Lipinski definition) is 3. The van der Waals surface area contributed by atoms with Crippen LogP contribution in [0.25, 0.3) is 0 Å². The molecular formula is C28H25FN4O5. The fourth-order valence-electron chi connectivity index (χ4n) is 4.52. The number of amides is 5. The van der Waals surface area contributed by atoms with Crippen molar-refractivity contribution in [2.24, 2.45) is 0 Å². The van der Waals surface area contributed by atoms with Crippen molar-refractivity contribution in [2.45, 2.75) is 38.6 Å². The molecule has 3 N–H and O–H groups in total. The second kappa shape index (κ2) is 10.7. The first kappa shape index (κ1) is 24.9. The standard InChI is InChI=1S/C28H25FN4O5/c29-25-18(6-11-21-22(25)15-33(27(21)36)23-12-13-24(34)32-26(23)35)14-30-28(37)31-19-7-9-20(10-8-19)38-16-17-4-2-1-3-5-17/h1-11,23H,12-16H2,(H2,30,31,37)(H,32,34,35). The minimum atomic E-state index is -0.825. The van der Waals surface area contributed by atoms with Gasteiger partial charge in [0, 0.05) is 35.3 Å². The minimum Gasteiger partial charge on any atom is -0.489 e. The zero-order valence-corrected chi connectivity index (χ0v) is 20.3. The first-order valence-electron chi connectivity index (χ1n) is 12.2. The van der Waals surface area contributed by atoms with Crippen LogP contribution in [-0.4, -0.2) is 34.7 Å². The summed E-state index contributed by atoms with van der Waals surface area (Å²) in [5, 5.41) is 7.53. The fourth-order valence-corrected chi connectivity index (χ4v) is 4.52. The van der Waals surface area contributed by atoms with Crippen LogP contribution in [0, 0.1) is 5.82 Å². The van der Waals surface area contributed by atoms with E-state index in [1.54, 1.807) is 24.3 Å². The average molecular weight is 517 g/mol. The quantitative estimate of drug-likeness (QED) is 0.416. The Bertz CT molecular complexity index is 1390. The Kier molecular flexibility index (Phi) is 7.03. The number of benzene rings is 3. The molecule has 0 bridgehead atoms. The maximum absolute atomic E-state index is 15.2. The number of anilines is 1. The number of rotatable bonds is 7. The predicted octanol–water partition coefficient (Wildman–Crippen LogP) is 3.49. The highest BCUT2D eigenvalue weighted by atomic mass is 19.1. The van der Waals surface area contributed by atoms with Gasteiger partial charge in [-0.25, -0.2) is 9.18 Å². The number of carbonyl (C=O) groups is 4. The van der Waals surface area contributed by atoms with Crippen LogP contribution in [0.5, 0.6) is 5.75 Å². The Morgan fingerprint density at radius 3 is 2.53 bits per heavy atom. The lowest BCUT2D eigenvalue weighted by molar-refractivity contribution is -0.136. The van der Waals surface area contributed by atoms with Gasteiger partial charge in [-0.1, -0.05) is 36.4 Å². The van der Waals surface area contributed by atoms with E-state index in [0.29, 0.717) is 18.0 Å². The van der Waals surface area contributed by atoms with Crippen LogP contribution in [-0.2, 0) is 29.3 Å². The molecule has 1 atom stereocenters. The lowest BCUT2D eigenvalue weighted by Crippen LogP contribution is -2.52. The molecule has 5 amide bonds. The van der Waals surface area contributed by atoms with Crippen LogP contribution >= 0.6 is 0 Å². The monoisotopic (exact) mass is 516 g/mol. The number of hydrogen-bond acceptors (Lipinski definition) is 5. The highest BCUT2D eigenvalue weighted by molar-refractivity contribution is 6.05. The van der Waals surface area contributed by atoms with E-state index in [-0.39, 0.29) is 48.5 Å². The Hall–Kier alpha value is -4.73. The van der Waals surface area contributed by atoms with Crippen molar-refractivity contribution in [2.75, 3.05) is 5.32 Å². The van der Waals surface area contributed by atoms with Crippen LogP contribution < -0.4 is 20.7 Å². The molecule has 38 heavy (non-hydrogen) atoms. The molecule has 194 valence electrons. The van der Waals surface area contributed by atoms with Gasteiger partial charge in [-0.3, -0.25) is 19.7 Å². The summed E-state index contributed by atoms with van der Waals surface area (Å²) in [5.41, 5.74) is 2.14. The van der Waals surface area contributed by atoms with Crippen molar-refractivity contribution in [3.8, 4) is 5.75 Å².